The number of nitrogens with one attached hydrogen (secondary N) is 2. The molecule has 0 bridgehead atoms. The van der Waals surface area contributed by atoms with Gasteiger partial charge in [-0.05, 0) is 61.2 Å². The molecule has 3 aromatic rings. The zero-order valence-electron chi connectivity index (χ0n) is 18.6. The average Bonchev–Trinajstić information content (AvgIpc) is 3.30. The summed E-state index contributed by atoms with van der Waals surface area (Å²) in [6.07, 6.45) is 6.41. The van der Waals surface area contributed by atoms with E-state index in [0.29, 0.717) is 16.9 Å². The highest BCUT2D eigenvalue weighted by atomic mass is 16.6. The molecule has 33 heavy (non-hydrogen) atoms. The van der Waals surface area contributed by atoms with Crippen molar-refractivity contribution in [2.45, 2.75) is 44.2 Å². The van der Waals surface area contributed by atoms with Crippen LogP contribution in [0, 0.1) is 0 Å². The summed E-state index contributed by atoms with van der Waals surface area (Å²) in [5, 5.41) is 5.90. The first-order valence-corrected chi connectivity index (χ1v) is 11.1. The number of ether oxygens (including phenoxy) is 1. The zero-order chi connectivity index (χ0) is 23.3. The van der Waals surface area contributed by atoms with Crippen molar-refractivity contribution in [3.05, 3.63) is 89.7 Å². The van der Waals surface area contributed by atoms with Crippen molar-refractivity contribution in [3.63, 3.8) is 0 Å². The summed E-state index contributed by atoms with van der Waals surface area (Å²) >= 11 is 0. The maximum Gasteiger partial charge on any atom is 0.408 e. The van der Waals surface area contributed by atoms with E-state index in [4.69, 9.17) is 10.5 Å². The number of nitrogens with zero attached hydrogens (tertiary/aromatic N) is 1. The molecule has 4 N–H and O–H groups in total. The van der Waals surface area contributed by atoms with E-state index >= 15 is 0 Å². The van der Waals surface area contributed by atoms with Gasteiger partial charge in [0.25, 0.3) is 5.91 Å². The highest BCUT2D eigenvalue weighted by Crippen LogP contribution is 2.38. The Bertz CT molecular complexity index is 1110. The van der Waals surface area contributed by atoms with Crippen molar-refractivity contribution >= 4 is 23.4 Å². The second-order valence-corrected chi connectivity index (χ2v) is 8.37. The molecule has 4 rings (SSSR count). The largest absolute Gasteiger partial charge is 0.442 e. The molecule has 0 spiro atoms. The smallest absolute Gasteiger partial charge is 0.408 e. The molecule has 0 unspecified atom stereocenters. The number of nitrogens with two attached hydrogens (primary N) is 1. The Morgan fingerprint density at radius 3 is 2.42 bits per heavy atom. The van der Waals surface area contributed by atoms with Gasteiger partial charge in [0.05, 0.1) is 16.9 Å². The van der Waals surface area contributed by atoms with Crippen LogP contribution in [0.15, 0.2) is 73.1 Å². The standard InChI is InChI=1S/C26H28N4O3/c1-18(33-25(32)30-26(14-4-5-15-26)21-7-6-16-28-17-21)19-10-12-20(13-11-19)24(31)29-23-9-3-2-8-22(23)27/h2-3,6-13,16-18H,4-5,14-15,27H2,1H3,(H,29,31)(H,30,32)/t18-/m0/s1. The van der Waals surface area contributed by atoms with Crippen molar-refractivity contribution in [1.29, 1.82) is 0 Å². The molecule has 0 radical (unpaired) electrons. The minimum atomic E-state index is -0.473. The Morgan fingerprint density at radius 2 is 1.76 bits per heavy atom. The number of nitrogen functional groups attached to an aromatic ring is 1. The molecule has 1 aromatic heterocycles. The minimum absolute atomic E-state index is 0.259. The predicted octanol–water partition coefficient (Wildman–Crippen LogP) is 5.17. The molecule has 7 nitrogen and oxygen atoms in total. The Hall–Kier alpha value is -3.87. The number of amides is 2. The van der Waals surface area contributed by atoms with E-state index in [0.717, 1.165) is 36.8 Å². The van der Waals surface area contributed by atoms with Crippen LogP contribution in [0.5, 0.6) is 0 Å². The lowest BCUT2D eigenvalue weighted by Crippen LogP contribution is -2.44. The van der Waals surface area contributed by atoms with Crippen molar-refractivity contribution in [2.24, 2.45) is 0 Å². The number of aromatic nitrogens is 1. The molecule has 1 aliphatic carbocycles. The summed E-state index contributed by atoms with van der Waals surface area (Å²) in [5.74, 6) is -0.259. The summed E-state index contributed by atoms with van der Waals surface area (Å²) < 4.78 is 5.67. The number of hydrogen-bond acceptors (Lipinski definition) is 5. The third kappa shape index (κ3) is 5.14. The normalized spacial score (nSPS) is 15.4. The van der Waals surface area contributed by atoms with Gasteiger partial charge in [-0.1, -0.05) is 43.2 Å². The van der Waals surface area contributed by atoms with Crippen LogP contribution in [0.3, 0.4) is 0 Å². The molecule has 1 aliphatic rings. The van der Waals surface area contributed by atoms with Gasteiger partial charge in [-0.15, -0.1) is 0 Å². The summed E-state index contributed by atoms with van der Waals surface area (Å²) in [5.41, 5.74) is 8.80. The lowest BCUT2D eigenvalue weighted by molar-refractivity contribution is 0.0954. The molecule has 170 valence electrons. The van der Waals surface area contributed by atoms with Crippen LogP contribution in [0.1, 0.15) is 60.2 Å². The summed E-state index contributed by atoms with van der Waals surface area (Å²) in [7, 11) is 0. The van der Waals surface area contributed by atoms with E-state index in [1.165, 1.54) is 0 Å². The second-order valence-electron chi connectivity index (χ2n) is 8.37. The number of carbonyl (C=O) groups is 2. The fraction of sp³-hybridized carbons (Fsp3) is 0.269. The molecule has 1 atom stereocenters. The van der Waals surface area contributed by atoms with Crippen LogP contribution in [0.2, 0.25) is 0 Å². The van der Waals surface area contributed by atoms with E-state index < -0.39 is 17.7 Å². The van der Waals surface area contributed by atoms with Crippen LogP contribution in [0.25, 0.3) is 0 Å². The highest BCUT2D eigenvalue weighted by Gasteiger charge is 2.38. The van der Waals surface area contributed by atoms with E-state index in [2.05, 4.69) is 15.6 Å². The fourth-order valence-corrected chi connectivity index (χ4v) is 4.27. The van der Waals surface area contributed by atoms with Gasteiger partial charge in [0, 0.05) is 18.0 Å². The average molecular weight is 445 g/mol. The Balaban J connectivity index is 1.38. The van der Waals surface area contributed by atoms with Crippen molar-refractivity contribution in [3.8, 4) is 0 Å². The molecule has 2 amide bonds. The van der Waals surface area contributed by atoms with E-state index in [9.17, 15) is 9.59 Å². The van der Waals surface area contributed by atoms with Crippen LogP contribution in [-0.2, 0) is 10.3 Å². The second kappa shape index (κ2) is 9.73. The van der Waals surface area contributed by atoms with E-state index in [1.54, 1.807) is 42.6 Å². The third-order valence-electron chi connectivity index (χ3n) is 6.15. The van der Waals surface area contributed by atoms with Crippen LogP contribution >= 0.6 is 0 Å². The Kier molecular flexibility index (Phi) is 6.58. The monoisotopic (exact) mass is 444 g/mol. The molecule has 1 saturated carbocycles. The van der Waals surface area contributed by atoms with Gasteiger partial charge in [-0.2, -0.15) is 0 Å². The zero-order valence-corrected chi connectivity index (χ0v) is 18.6. The van der Waals surface area contributed by atoms with Gasteiger partial charge in [0.2, 0.25) is 0 Å². The molecular weight excluding hydrogens is 416 g/mol. The SMILES string of the molecule is C[C@H](OC(=O)NC1(c2cccnc2)CCCC1)c1ccc(C(=O)Nc2ccccc2N)cc1. The number of pyridine rings is 1. The molecule has 1 fully saturated rings. The molecule has 1 heterocycles. The molecule has 0 saturated heterocycles. The Morgan fingerprint density at radius 1 is 1.03 bits per heavy atom. The summed E-state index contributed by atoms with van der Waals surface area (Å²) in [6.45, 7) is 1.81. The number of carbonyl (C=O) groups excluding carboxylic acids is 2. The molecule has 7 heteroatoms. The summed E-state index contributed by atoms with van der Waals surface area (Å²) in [4.78, 5) is 29.5. The first-order chi connectivity index (χ1) is 16.0. The maximum atomic E-state index is 12.7. The number of alkyl carbamates (subject to hydrolysis) is 1. The summed E-state index contributed by atoms with van der Waals surface area (Å²) in [6, 6.07) is 18.0. The van der Waals surface area contributed by atoms with Crippen molar-refractivity contribution < 1.29 is 14.3 Å². The third-order valence-corrected chi connectivity index (χ3v) is 6.15. The number of benzene rings is 2. The topological polar surface area (TPSA) is 106 Å². The van der Waals surface area contributed by atoms with E-state index in [1.807, 2.05) is 37.4 Å². The highest BCUT2D eigenvalue weighted by molar-refractivity contribution is 6.05. The van der Waals surface area contributed by atoms with Gasteiger partial charge >= 0.3 is 6.09 Å². The Labute approximate surface area is 193 Å². The van der Waals surface area contributed by atoms with Crippen molar-refractivity contribution in [2.75, 3.05) is 11.1 Å². The van der Waals surface area contributed by atoms with Gasteiger partial charge < -0.3 is 21.1 Å². The number of rotatable bonds is 6. The van der Waals surface area contributed by atoms with Gasteiger partial charge in [0.15, 0.2) is 0 Å². The molecular formula is C26H28N4O3. The first kappa shape index (κ1) is 22.3. The van der Waals surface area contributed by atoms with Crippen LogP contribution in [0.4, 0.5) is 16.2 Å². The number of para-hydroxylation sites is 2. The lowest BCUT2D eigenvalue weighted by Gasteiger charge is -2.30. The molecule has 2 aromatic carbocycles. The van der Waals surface area contributed by atoms with E-state index in [-0.39, 0.29) is 5.91 Å². The van der Waals surface area contributed by atoms with Gasteiger partial charge in [0.1, 0.15) is 6.10 Å². The maximum absolute atomic E-state index is 12.7. The quantitative estimate of drug-likeness (QED) is 0.455. The van der Waals surface area contributed by atoms with Gasteiger partial charge in [-0.25, -0.2) is 4.79 Å². The predicted molar refractivity (Wildman–Crippen MR) is 128 cm³/mol. The van der Waals surface area contributed by atoms with Gasteiger partial charge in [-0.3, -0.25) is 9.78 Å². The minimum Gasteiger partial charge on any atom is -0.442 e. The van der Waals surface area contributed by atoms with Crippen LogP contribution in [-0.4, -0.2) is 17.0 Å². The fourth-order valence-electron chi connectivity index (χ4n) is 4.27. The molecule has 0 aliphatic heterocycles. The lowest BCUT2D eigenvalue weighted by atomic mass is 9.89. The van der Waals surface area contributed by atoms with Crippen molar-refractivity contribution in [1.82, 2.24) is 10.3 Å². The number of anilines is 2. The first-order valence-electron chi connectivity index (χ1n) is 11.1. The van der Waals surface area contributed by atoms with Crippen LogP contribution < -0.4 is 16.4 Å². The number of hydrogen-bond donors (Lipinski definition) is 3.